The molecule has 1 aliphatic rings. The van der Waals surface area contributed by atoms with E-state index in [0.717, 1.165) is 11.3 Å². The Morgan fingerprint density at radius 1 is 1.05 bits per heavy atom. The van der Waals surface area contributed by atoms with Gasteiger partial charge in [-0.05, 0) is 64.3 Å². The predicted molar refractivity (Wildman–Crippen MR) is 84.0 cm³/mol. The van der Waals surface area contributed by atoms with Gasteiger partial charge in [0.2, 0.25) is 11.8 Å². The predicted octanol–water partition coefficient (Wildman–Crippen LogP) is 2.79. The summed E-state index contributed by atoms with van der Waals surface area (Å²) in [5, 5.41) is 5.83. The van der Waals surface area contributed by atoms with Crippen LogP contribution in [0, 0.1) is 25.7 Å². The average Bonchev–Trinajstić information content (AvgIpc) is 3.12. The molecule has 4 nitrogen and oxygen atoms in total. The first-order chi connectivity index (χ1) is 9.67. The monoisotopic (exact) mass is 288 g/mol. The van der Waals surface area contributed by atoms with Crippen LogP contribution in [0.5, 0.6) is 0 Å². The number of carbonyl (C=O) groups excluding carboxylic acids is 2. The van der Waals surface area contributed by atoms with Gasteiger partial charge in [-0.25, -0.2) is 0 Å². The first-order valence-corrected chi connectivity index (χ1v) is 7.37. The van der Waals surface area contributed by atoms with Crippen LogP contribution in [0.3, 0.4) is 0 Å². The molecule has 0 saturated heterocycles. The molecule has 1 fully saturated rings. The molecule has 114 valence electrons. The lowest BCUT2D eigenvalue weighted by atomic mass is 10.1. The van der Waals surface area contributed by atoms with Crippen LogP contribution in [0.4, 0.5) is 5.69 Å². The SMILES string of the molecule is Cc1ccc(NC(=O)C2CC2C(=O)NC(C)(C)C)cc1C. The summed E-state index contributed by atoms with van der Waals surface area (Å²) < 4.78 is 0. The van der Waals surface area contributed by atoms with Gasteiger partial charge in [0.15, 0.2) is 0 Å². The molecular weight excluding hydrogens is 264 g/mol. The van der Waals surface area contributed by atoms with E-state index < -0.39 is 0 Å². The van der Waals surface area contributed by atoms with E-state index in [0.29, 0.717) is 6.42 Å². The van der Waals surface area contributed by atoms with Gasteiger partial charge in [0.1, 0.15) is 0 Å². The van der Waals surface area contributed by atoms with E-state index in [1.807, 2.05) is 52.8 Å². The zero-order chi connectivity index (χ0) is 15.8. The molecule has 1 aromatic rings. The largest absolute Gasteiger partial charge is 0.351 e. The fourth-order valence-corrected chi connectivity index (χ4v) is 2.29. The molecule has 0 spiro atoms. The van der Waals surface area contributed by atoms with Crippen molar-refractivity contribution in [1.82, 2.24) is 5.32 Å². The van der Waals surface area contributed by atoms with Gasteiger partial charge in [0, 0.05) is 11.2 Å². The summed E-state index contributed by atoms with van der Waals surface area (Å²) in [5.74, 6) is -0.472. The third-order valence-electron chi connectivity index (χ3n) is 3.74. The highest BCUT2D eigenvalue weighted by atomic mass is 16.2. The average molecular weight is 288 g/mol. The van der Waals surface area contributed by atoms with Crippen LogP contribution in [0.1, 0.15) is 38.3 Å². The number of anilines is 1. The molecule has 2 N–H and O–H groups in total. The molecule has 21 heavy (non-hydrogen) atoms. The van der Waals surface area contributed by atoms with E-state index in [-0.39, 0.29) is 29.2 Å². The van der Waals surface area contributed by atoms with E-state index in [9.17, 15) is 9.59 Å². The Labute approximate surface area is 126 Å². The normalized spacial score (nSPS) is 20.8. The number of amides is 2. The van der Waals surface area contributed by atoms with E-state index in [4.69, 9.17) is 0 Å². The number of hydrogen-bond acceptors (Lipinski definition) is 2. The molecular formula is C17H24N2O2. The summed E-state index contributed by atoms with van der Waals surface area (Å²) in [6.45, 7) is 9.88. The second-order valence-electron chi connectivity index (χ2n) is 6.98. The van der Waals surface area contributed by atoms with Gasteiger partial charge in [0.25, 0.3) is 0 Å². The Morgan fingerprint density at radius 3 is 2.24 bits per heavy atom. The number of carbonyl (C=O) groups is 2. The van der Waals surface area contributed by atoms with Crippen LogP contribution in [0.25, 0.3) is 0 Å². The van der Waals surface area contributed by atoms with Crippen molar-refractivity contribution in [3.63, 3.8) is 0 Å². The van der Waals surface area contributed by atoms with E-state index in [1.165, 1.54) is 5.56 Å². The maximum absolute atomic E-state index is 12.2. The lowest BCUT2D eigenvalue weighted by molar-refractivity contribution is -0.126. The van der Waals surface area contributed by atoms with Crippen molar-refractivity contribution in [2.24, 2.45) is 11.8 Å². The third kappa shape index (κ3) is 4.06. The molecule has 0 aromatic heterocycles. The molecule has 2 unspecified atom stereocenters. The molecule has 2 rings (SSSR count). The first kappa shape index (κ1) is 15.5. The molecule has 0 radical (unpaired) electrons. The fourth-order valence-electron chi connectivity index (χ4n) is 2.29. The first-order valence-electron chi connectivity index (χ1n) is 7.37. The van der Waals surface area contributed by atoms with Crippen molar-refractivity contribution in [3.8, 4) is 0 Å². The Kier molecular flexibility index (Phi) is 4.08. The number of rotatable bonds is 3. The summed E-state index contributed by atoms with van der Waals surface area (Å²) in [5.41, 5.74) is 2.88. The minimum Gasteiger partial charge on any atom is -0.351 e. The zero-order valence-corrected chi connectivity index (χ0v) is 13.4. The minimum atomic E-state index is -0.255. The van der Waals surface area contributed by atoms with Crippen LogP contribution in [-0.4, -0.2) is 17.4 Å². The molecule has 0 aliphatic heterocycles. The third-order valence-corrected chi connectivity index (χ3v) is 3.74. The number of benzene rings is 1. The van der Waals surface area contributed by atoms with Gasteiger partial charge in [-0.2, -0.15) is 0 Å². The quantitative estimate of drug-likeness (QED) is 0.898. The molecule has 1 aliphatic carbocycles. The van der Waals surface area contributed by atoms with Crippen molar-refractivity contribution < 1.29 is 9.59 Å². The topological polar surface area (TPSA) is 58.2 Å². The molecule has 2 amide bonds. The van der Waals surface area contributed by atoms with Gasteiger partial charge in [-0.3, -0.25) is 9.59 Å². The smallest absolute Gasteiger partial charge is 0.228 e. The Morgan fingerprint density at radius 2 is 1.67 bits per heavy atom. The minimum absolute atomic E-state index is 0.0252. The Bertz CT molecular complexity index is 573. The second-order valence-corrected chi connectivity index (χ2v) is 6.98. The molecule has 0 bridgehead atoms. The maximum atomic E-state index is 12.2. The summed E-state index contributed by atoms with van der Waals surface area (Å²) in [7, 11) is 0. The number of aryl methyl sites for hydroxylation is 2. The zero-order valence-electron chi connectivity index (χ0n) is 13.4. The van der Waals surface area contributed by atoms with Crippen molar-refractivity contribution in [1.29, 1.82) is 0 Å². The Hall–Kier alpha value is -1.84. The highest BCUT2D eigenvalue weighted by Gasteiger charge is 2.48. The lowest BCUT2D eigenvalue weighted by Crippen LogP contribution is -2.42. The fraction of sp³-hybridized carbons (Fsp3) is 0.529. The van der Waals surface area contributed by atoms with E-state index >= 15 is 0 Å². The van der Waals surface area contributed by atoms with Crippen molar-refractivity contribution in [3.05, 3.63) is 29.3 Å². The highest BCUT2D eigenvalue weighted by molar-refractivity contribution is 5.99. The summed E-state index contributed by atoms with van der Waals surface area (Å²) in [6.07, 6.45) is 0.637. The standard InChI is InChI=1S/C17H24N2O2/c1-10-6-7-12(8-11(10)2)18-15(20)13-9-14(13)16(21)19-17(3,4)5/h6-8,13-14H,9H2,1-5H3,(H,18,20)(H,19,21). The number of nitrogens with one attached hydrogen (secondary N) is 2. The van der Waals surface area contributed by atoms with Gasteiger partial charge in [0.05, 0.1) is 11.8 Å². The summed E-state index contributed by atoms with van der Waals surface area (Å²) in [4.78, 5) is 24.2. The molecule has 4 heteroatoms. The molecule has 1 saturated carbocycles. The van der Waals surface area contributed by atoms with Crippen LogP contribution in [-0.2, 0) is 9.59 Å². The summed E-state index contributed by atoms with van der Waals surface area (Å²) >= 11 is 0. The van der Waals surface area contributed by atoms with Gasteiger partial charge in [-0.15, -0.1) is 0 Å². The van der Waals surface area contributed by atoms with Gasteiger partial charge >= 0.3 is 0 Å². The van der Waals surface area contributed by atoms with Crippen LogP contribution < -0.4 is 10.6 Å². The van der Waals surface area contributed by atoms with Crippen LogP contribution in [0.15, 0.2) is 18.2 Å². The summed E-state index contributed by atoms with van der Waals surface area (Å²) in [6, 6.07) is 5.84. The van der Waals surface area contributed by atoms with Crippen molar-refractivity contribution >= 4 is 17.5 Å². The molecule has 0 heterocycles. The van der Waals surface area contributed by atoms with Crippen LogP contribution in [0.2, 0.25) is 0 Å². The lowest BCUT2D eigenvalue weighted by Gasteiger charge is -2.20. The number of hydrogen-bond donors (Lipinski definition) is 2. The van der Waals surface area contributed by atoms with Gasteiger partial charge < -0.3 is 10.6 Å². The highest BCUT2D eigenvalue weighted by Crippen LogP contribution is 2.39. The second kappa shape index (κ2) is 5.51. The molecule has 1 aromatic carbocycles. The Balaban J connectivity index is 1.91. The van der Waals surface area contributed by atoms with E-state index in [2.05, 4.69) is 10.6 Å². The van der Waals surface area contributed by atoms with Gasteiger partial charge in [-0.1, -0.05) is 6.07 Å². The van der Waals surface area contributed by atoms with Crippen molar-refractivity contribution in [2.75, 3.05) is 5.32 Å². The van der Waals surface area contributed by atoms with Crippen molar-refractivity contribution in [2.45, 2.75) is 46.6 Å². The molecule has 2 atom stereocenters. The van der Waals surface area contributed by atoms with E-state index in [1.54, 1.807) is 0 Å². The maximum Gasteiger partial charge on any atom is 0.228 e. The van der Waals surface area contributed by atoms with Crippen LogP contribution >= 0.6 is 0 Å².